The highest BCUT2D eigenvalue weighted by atomic mass is 32.1. The van der Waals surface area contributed by atoms with Gasteiger partial charge >= 0.3 is 0 Å². The van der Waals surface area contributed by atoms with Gasteiger partial charge in [-0.3, -0.25) is 14.2 Å². The lowest BCUT2D eigenvalue weighted by atomic mass is 9.99. The summed E-state index contributed by atoms with van der Waals surface area (Å²) in [5, 5.41) is 0.659. The second-order valence-electron chi connectivity index (χ2n) is 8.80. The van der Waals surface area contributed by atoms with Gasteiger partial charge in [0.1, 0.15) is 10.7 Å². The number of amides is 1. The lowest BCUT2D eigenvalue weighted by Gasteiger charge is -2.40. The molecule has 0 aromatic carbocycles. The number of hydrogen-bond acceptors (Lipinski definition) is 5. The highest BCUT2D eigenvalue weighted by Crippen LogP contribution is 2.31. The summed E-state index contributed by atoms with van der Waals surface area (Å²) < 4.78 is 1.82. The minimum Gasteiger partial charge on any atom is -0.338 e. The molecule has 156 valence electrons. The molecule has 0 N–H and O–H groups in total. The van der Waals surface area contributed by atoms with Crippen LogP contribution in [0.3, 0.4) is 0 Å². The molecular weight excluding hydrogens is 384 g/mol. The molecule has 0 saturated carbocycles. The van der Waals surface area contributed by atoms with Gasteiger partial charge in [-0.2, -0.15) is 0 Å². The molecule has 1 amide bonds. The van der Waals surface area contributed by atoms with Gasteiger partial charge in [-0.1, -0.05) is 6.42 Å². The molecule has 3 aliphatic heterocycles. The standard InChI is InChI=1S/C22H30N4O2S/c1-15-18-20(23-17-7-3-6-12-26(17)21(18)27)29-19(15)22(28)25-13-8-16(9-14-25)24-10-4-2-5-11-24/h16H,2-14H2,1H3. The van der Waals surface area contributed by atoms with Crippen molar-refractivity contribution in [2.24, 2.45) is 0 Å². The molecule has 7 heteroatoms. The number of carbonyl (C=O) groups is 1. The van der Waals surface area contributed by atoms with Crippen LogP contribution in [-0.4, -0.2) is 57.5 Å². The fourth-order valence-electron chi connectivity index (χ4n) is 5.30. The molecule has 2 aromatic rings. The van der Waals surface area contributed by atoms with Crippen LogP contribution in [0, 0.1) is 6.92 Å². The van der Waals surface area contributed by atoms with E-state index in [-0.39, 0.29) is 11.5 Å². The van der Waals surface area contributed by atoms with Crippen molar-refractivity contribution >= 4 is 27.5 Å². The predicted molar refractivity (Wildman–Crippen MR) is 116 cm³/mol. The summed E-state index contributed by atoms with van der Waals surface area (Å²) >= 11 is 1.42. The summed E-state index contributed by atoms with van der Waals surface area (Å²) in [7, 11) is 0. The maximum atomic E-state index is 13.3. The number of nitrogens with zero attached hydrogens (tertiary/aromatic N) is 4. The molecule has 0 bridgehead atoms. The zero-order valence-corrected chi connectivity index (χ0v) is 18.1. The molecule has 0 unspecified atom stereocenters. The van der Waals surface area contributed by atoms with Gasteiger partial charge in [0.25, 0.3) is 11.5 Å². The Morgan fingerprint density at radius 3 is 2.48 bits per heavy atom. The van der Waals surface area contributed by atoms with Gasteiger partial charge < -0.3 is 9.80 Å². The quantitative estimate of drug-likeness (QED) is 0.757. The Hall–Kier alpha value is -1.73. The predicted octanol–water partition coefficient (Wildman–Crippen LogP) is 3.19. The van der Waals surface area contributed by atoms with Crippen molar-refractivity contribution in [1.82, 2.24) is 19.4 Å². The maximum absolute atomic E-state index is 13.3. The number of hydrogen-bond donors (Lipinski definition) is 0. The van der Waals surface area contributed by atoms with Crippen LogP contribution in [0.2, 0.25) is 0 Å². The van der Waals surface area contributed by atoms with Crippen LogP contribution in [0.15, 0.2) is 4.79 Å². The number of piperidine rings is 2. The average Bonchev–Trinajstić information content (AvgIpc) is 3.10. The number of aromatic nitrogens is 2. The Morgan fingerprint density at radius 2 is 1.72 bits per heavy atom. The Kier molecular flexibility index (Phi) is 5.20. The van der Waals surface area contributed by atoms with Crippen LogP contribution in [0.4, 0.5) is 0 Å². The van der Waals surface area contributed by atoms with Gasteiger partial charge in [0.15, 0.2) is 0 Å². The van der Waals surface area contributed by atoms with E-state index in [0.717, 1.165) is 68.0 Å². The monoisotopic (exact) mass is 414 g/mol. The second-order valence-corrected chi connectivity index (χ2v) is 9.80. The Morgan fingerprint density at radius 1 is 1.00 bits per heavy atom. The normalized spacial score (nSPS) is 21.5. The number of aryl methyl sites for hydroxylation is 2. The van der Waals surface area contributed by atoms with Crippen LogP contribution in [0.25, 0.3) is 10.2 Å². The van der Waals surface area contributed by atoms with Crippen LogP contribution in [0.5, 0.6) is 0 Å². The average molecular weight is 415 g/mol. The van der Waals surface area contributed by atoms with Crippen molar-refractivity contribution in [1.29, 1.82) is 0 Å². The number of fused-ring (bicyclic) bond motifs is 2. The van der Waals surface area contributed by atoms with Crippen molar-refractivity contribution in [2.45, 2.75) is 70.9 Å². The van der Waals surface area contributed by atoms with Gasteiger partial charge in [-0.05, 0) is 64.1 Å². The molecule has 2 saturated heterocycles. The number of carbonyl (C=O) groups excluding carboxylic acids is 1. The van der Waals surface area contributed by atoms with E-state index in [1.165, 1.54) is 43.7 Å². The smallest absolute Gasteiger partial charge is 0.264 e. The molecule has 2 aromatic heterocycles. The summed E-state index contributed by atoms with van der Waals surface area (Å²) in [6, 6.07) is 0.626. The molecule has 5 heterocycles. The van der Waals surface area contributed by atoms with E-state index in [1.807, 2.05) is 16.4 Å². The van der Waals surface area contributed by atoms with Crippen molar-refractivity contribution in [3.63, 3.8) is 0 Å². The van der Waals surface area contributed by atoms with E-state index < -0.39 is 0 Å². The van der Waals surface area contributed by atoms with E-state index in [1.54, 1.807) is 0 Å². The molecule has 3 aliphatic rings. The SMILES string of the molecule is Cc1c(C(=O)N2CCC(N3CCCCC3)CC2)sc2nc3n(c(=O)c12)CCCC3. The summed E-state index contributed by atoms with van der Waals surface area (Å²) in [5.41, 5.74) is 0.868. The van der Waals surface area contributed by atoms with Gasteiger partial charge in [-0.25, -0.2) is 4.98 Å². The largest absolute Gasteiger partial charge is 0.338 e. The molecule has 2 fully saturated rings. The lowest BCUT2D eigenvalue weighted by Crippen LogP contribution is -2.48. The topological polar surface area (TPSA) is 58.4 Å². The van der Waals surface area contributed by atoms with Crippen LogP contribution < -0.4 is 5.56 Å². The number of rotatable bonds is 2. The molecule has 0 spiro atoms. The number of likely N-dealkylation sites (tertiary alicyclic amines) is 2. The first-order valence-electron chi connectivity index (χ1n) is 11.2. The first-order valence-corrected chi connectivity index (χ1v) is 12.0. The summed E-state index contributed by atoms with van der Waals surface area (Å²) in [5.74, 6) is 0.973. The van der Waals surface area contributed by atoms with Crippen molar-refractivity contribution < 1.29 is 4.79 Å². The molecular formula is C22H30N4O2S. The third kappa shape index (κ3) is 3.42. The van der Waals surface area contributed by atoms with E-state index in [4.69, 9.17) is 4.98 Å². The zero-order valence-electron chi connectivity index (χ0n) is 17.3. The van der Waals surface area contributed by atoms with E-state index in [0.29, 0.717) is 16.3 Å². The Bertz CT molecular complexity index is 981. The minimum absolute atomic E-state index is 0.0429. The van der Waals surface area contributed by atoms with Crippen LogP contribution in [0.1, 0.15) is 66.0 Å². The molecule has 5 rings (SSSR count). The molecule has 0 radical (unpaired) electrons. The fraction of sp³-hybridized carbons (Fsp3) is 0.682. The lowest BCUT2D eigenvalue weighted by molar-refractivity contribution is 0.0593. The third-order valence-electron chi connectivity index (χ3n) is 7.01. The van der Waals surface area contributed by atoms with E-state index in [9.17, 15) is 9.59 Å². The van der Waals surface area contributed by atoms with Crippen molar-refractivity contribution in [2.75, 3.05) is 26.2 Å². The zero-order chi connectivity index (χ0) is 20.0. The highest BCUT2D eigenvalue weighted by Gasteiger charge is 2.30. The fourth-order valence-corrected chi connectivity index (χ4v) is 6.46. The van der Waals surface area contributed by atoms with E-state index >= 15 is 0 Å². The first kappa shape index (κ1) is 19.2. The van der Waals surface area contributed by atoms with Crippen molar-refractivity contribution in [3.05, 3.63) is 26.6 Å². The first-order chi connectivity index (χ1) is 14.1. The van der Waals surface area contributed by atoms with Gasteiger partial charge in [0, 0.05) is 32.1 Å². The molecule has 0 atom stereocenters. The van der Waals surface area contributed by atoms with Gasteiger partial charge in [0.2, 0.25) is 0 Å². The summed E-state index contributed by atoms with van der Waals surface area (Å²) in [6.07, 6.45) is 9.07. The highest BCUT2D eigenvalue weighted by molar-refractivity contribution is 7.20. The Balaban J connectivity index is 1.37. The Labute approximate surface area is 175 Å². The van der Waals surface area contributed by atoms with Gasteiger partial charge in [-0.15, -0.1) is 11.3 Å². The summed E-state index contributed by atoms with van der Waals surface area (Å²) in [4.78, 5) is 37.2. The van der Waals surface area contributed by atoms with Crippen LogP contribution >= 0.6 is 11.3 Å². The molecule has 29 heavy (non-hydrogen) atoms. The van der Waals surface area contributed by atoms with E-state index in [2.05, 4.69) is 4.90 Å². The number of thiophene rings is 1. The van der Waals surface area contributed by atoms with Crippen molar-refractivity contribution in [3.8, 4) is 0 Å². The second kappa shape index (κ2) is 7.84. The summed E-state index contributed by atoms with van der Waals surface area (Å²) in [6.45, 7) is 6.74. The molecule has 6 nitrogen and oxygen atoms in total. The maximum Gasteiger partial charge on any atom is 0.264 e. The molecule has 0 aliphatic carbocycles. The minimum atomic E-state index is 0.0429. The third-order valence-corrected chi connectivity index (χ3v) is 8.19. The van der Waals surface area contributed by atoms with Gasteiger partial charge in [0.05, 0.1) is 10.3 Å². The van der Waals surface area contributed by atoms with Crippen LogP contribution in [-0.2, 0) is 13.0 Å².